The standard InChI is InChI=1S/C37H62O9/c1-7-27(34(39)25(5)21-24(4)30-11-9-12-31(44-30)29(8-2)35(40)41)20-23(3)19-26(6)37(42)17-10-16-36(46-37)18-15-33(45-36)32-14-13-28(38)22-43-32/h10,17,23-33,38,42H,7-9,11-16,18-22H2,1-6H3,(H,40,41). The van der Waals surface area contributed by atoms with Crippen molar-refractivity contribution >= 4 is 11.8 Å². The molecular weight excluding hydrogens is 588 g/mol. The van der Waals surface area contributed by atoms with Crippen LogP contribution in [0, 0.1) is 35.5 Å². The number of hydrogen-bond donors (Lipinski definition) is 3. The Bertz CT molecular complexity index is 1020. The molecule has 4 aliphatic heterocycles. The molecule has 0 aromatic rings. The Kier molecular flexibility index (Phi) is 13.3. The summed E-state index contributed by atoms with van der Waals surface area (Å²) >= 11 is 0. The lowest BCUT2D eigenvalue weighted by atomic mass is 9.78. The zero-order chi connectivity index (χ0) is 33.6. The van der Waals surface area contributed by atoms with Crippen LogP contribution in [-0.4, -0.2) is 75.8 Å². The number of carboxylic acid groups (broad SMARTS) is 1. The van der Waals surface area contributed by atoms with Crippen LogP contribution >= 0.6 is 0 Å². The van der Waals surface area contributed by atoms with Gasteiger partial charge in [-0.15, -0.1) is 0 Å². The lowest BCUT2D eigenvalue weighted by molar-refractivity contribution is -0.347. The fraction of sp³-hybridized carbons (Fsp3) is 0.892. The van der Waals surface area contributed by atoms with Crippen LogP contribution < -0.4 is 0 Å². The molecule has 9 heteroatoms. The van der Waals surface area contributed by atoms with Crippen LogP contribution in [0.15, 0.2) is 12.2 Å². The van der Waals surface area contributed by atoms with Gasteiger partial charge in [0.25, 0.3) is 0 Å². The molecule has 0 saturated carbocycles. The van der Waals surface area contributed by atoms with Crippen molar-refractivity contribution in [3.05, 3.63) is 12.2 Å². The van der Waals surface area contributed by atoms with Gasteiger partial charge in [-0.2, -0.15) is 0 Å². The van der Waals surface area contributed by atoms with Crippen molar-refractivity contribution in [2.24, 2.45) is 35.5 Å². The van der Waals surface area contributed by atoms with Crippen LogP contribution in [0.5, 0.6) is 0 Å². The molecule has 0 bridgehead atoms. The van der Waals surface area contributed by atoms with E-state index in [4.69, 9.17) is 18.9 Å². The van der Waals surface area contributed by atoms with E-state index in [0.717, 1.165) is 51.4 Å². The number of aliphatic hydroxyl groups is 2. The third kappa shape index (κ3) is 9.20. The summed E-state index contributed by atoms with van der Waals surface area (Å²) < 4.78 is 25.0. The van der Waals surface area contributed by atoms with E-state index in [9.17, 15) is 24.9 Å². The van der Waals surface area contributed by atoms with Crippen molar-refractivity contribution in [3.8, 4) is 0 Å². The Morgan fingerprint density at radius 3 is 2.33 bits per heavy atom. The minimum absolute atomic E-state index is 0.0166. The molecule has 0 radical (unpaired) electrons. The Labute approximate surface area is 276 Å². The van der Waals surface area contributed by atoms with Gasteiger partial charge in [0.1, 0.15) is 5.78 Å². The molecule has 0 aromatic carbocycles. The van der Waals surface area contributed by atoms with Crippen LogP contribution in [-0.2, 0) is 28.5 Å². The SMILES string of the molecule is CCC(CC(C)CC(C)C1(O)C=CCC2(CCC(C3CCC(O)CO3)O2)O1)C(=O)C(C)CC(C)C1CCCC(C(CC)C(=O)O)O1. The number of rotatable bonds is 15. The molecule has 3 saturated heterocycles. The minimum atomic E-state index is -1.45. The van der Waals surface area contributed by atoms with E-state index in [1.54, 1.807) is 6.08 Å². The van der Waals surface area contributed by atoms with Crippen LogP contribution in [0.1, 0.15) is 125 Å². The number of aliphatic carboxylic acids is 1. The quantitative estimate of drug-likeness (QED) is 0.172. The van der Waals surface area contributed by atoms with Crippen LogP contribution in [0.2, 0.25) is 0 Å². The summed E-state index contributed by atoms with van der Waals surface area (Å²) in [4.78, 5) is 25.4. The van der Waals surface area contributed by atoms with E-state index < -0.39 is 29.6 Å². The number of carbonyl (C=O) groups excluding carboxylic acids is 1. The molecule has 264 valence electrons. The molecule has 4 rings (SSSR count). The maximum atomic E-state index is 13.7. The second-order valence-electron chi connectivity index (χ2n) is 15.3. The Morgan fingerprint density at radius 1 is 0.935 bits per heavy atom. The number of hydrogen-bond acceptors (Lipinski definition) is 8. The van der Waals surface area contributed by atoms with Crippen molar-refractivity contribution in [3.63, 3.8) is 0 Å². The van der Waals surface area contributed by atoms with Crippen molar-refractivity contribution in [1.82, 2.24) is 0 Å². The highest BCUT2D eigenvalue weighted by Gasteiger charge is 2.51. The van der Waals surface area contributed by atoms with Gasteiger partial charge in [-0.1, -0.05) is 47.6 Å². The van der Waals surface area contributed by atoms with Crippen LogP contribution in [0.25, 0.3) is 0 Å². The lowest BCUT2D eigenvalue weighted by Gasteiger charge is -2.44. The highest BCUT2D eigenvalue weighted by molar-refractivity contribution is 5.83. The first-order valence-corrected chi connectivity index (χ1v) is 18.3. The summed E-state index contributed by atoms with van der Waals surface area (Å²) in [6.45, 7) is 12.6. The maximum Gasteiger partial charge on any atom is 0.309 e. The zero-order valence-corrected chi connectivity index (χ0v) is 29.2. The highest BCUT2D eigenvalue weighted by Crippen LogP contribution is 2.46. The Hall–Kier alpha value is -1.36. The summed E-state index contributed by atoms with van der Waals surface area (Å²) in [5, 5.41) is 31.1. The van der Waals surface area contributed by atoms with Gasteiger partial charge in [0.15, 0.2) is 11.6 Å². The molecule has 4 heterocycles. The maximum absolute atomic E-state index is 13.7. The van der Waals surface area contributed by atoms with Gasteiger partial charge < -0.3 is 34.3 Å². The normalized spacial score (nSPS) is 37.3. The van der Waals surface area contributed by atoms with E-state index >= 15 is 0 Å². The minimum Gasteiger partial charge on any atom is -0.481 e. The predicted octanol–water partition coefficient (Wildman–Crippen LogP) is 6.43. The number of carbonyl (C=O) groups is 2. The Morgan fingerprint density at radius 2 is 1.67 bits per heavy atom. The van der Waals surface area contributed by atoms with Crippen molar-refractivity contribution in [2.75, 3.05) is 6.61 Å². The molecule has 4 aliphatic rings. The first-order chi connectivity index (χ1) is 21.8. The van der Waals surface area contributed by atoms with Crippen molar-refractivity contribution in [1.29, 1.82) is 0 Å². The van der Waals surface area contributed by atoms with Gasteiger partial charge in [0.05, 0.1) is 43.0 Å². The number of Topliss-reactive ketones (excluding diaryl/α,β-unsaturated/α-hetero) is 1. The molecule has 0 aromatic heterocycles. The average Bonchev–Trinajstić information content (AvgIpc) is 3.42. The van der Waals surface area contributed by atoms with Gasteiger partial charge in [-0.05, 0) is 88.5 Å². The van der Waals surface area contributed by atoms with Gasteiger partial charge in [0, 0.05) is 30.6 Å². The summed E-state index contributed by atoms with van der Waals surface area (Å²) in [5.41, 5.74) is 0. The largest absolute Gasteiger partial charge is 0.481 e. The topological polar surface area (TPSA) is 132 Å². The summed E-state index contributed by atoms with van der Waals surface area (Å²) in [6, 6.07) is 0. The summed E-state index contributed by atoms with van der Waals surface area (Å²) in [6.07, 6.45) is 12.6. The Balaban J connectivity index is 1.27. The molecule has 0 amide bonds. The molecule has 9 nitrogen and oxygen atoms in total. The highest BCUT2D eigenvalue weighted by atomic mass is 16.8. The second-order valence-corrected chi connectivity index (χ2v) is 15.3. The van der Waals surface area contributed by atoms with Crippen LogP contribution in [0.3, 0.4) is 0 Å². The molecule has 13 unspecified atom stereocenters. The van der Waals surface area contributed by atoms with Gasteiger partial charge >= 0.3 is 5.97 Å². The average molecular weight is 651 g/mol. The fourth-order valence-corrected chi connectivity index (χ4v) is 8.60. The second kappa shape index (κ2) is 16.4. The van der Waals surface area contributed by atoms with Gasteiger partial charge in [-0.3, -0.25) is 9.59 Å². The molecule has 3 fully saturated rings. The van der Waals surface area contributed by atoms with E-state index in [0.29, 0.717) is 38.7 Å². The number of carboxylic acids is 1. The summed E-state index contributed by atoms with van der Waals surface area (Å²) in [5.74, 6) is -3.28. The number of ether oxygens (including phenoxy) is 4. The van der Waals surface area contributed by atoms with Gasteiger partial charge in [-0.25, -0.2) is 0 Å². The fourth-order valence-electron chi connectivity index (χ4n) is 8.60. The number of ketones is 1. The van der Waals surface area contributed by atoms with E-state index in [-0.39, 0.29) is 59.8 Å². The third-order valence-corrected chi connectivity index (χ3v) is 11.4. The van der Waals surface area contributed by atoms with Gasteiger partial charge in [0.2, 0.25) is 0 Å². The predicted molar refractivity (Wildman–Crippen MR) is 175 cm³/mol. The van der Waals surface area contributed by atoms with E-state index in [2.05, 4.69) is 20.8 Å². The molecule has 13 atom stereocenters. The third-order valence-electron chi connectivity index (χ3n) is 11.4. The molecule has 3 N–H and O–H groups in total. The molecule has 46 heavy (non-hydrogen) atoms. The summed E-state index contributed by atoms with van der Waals surface area (Å²) in [7, 11) is 0. The molecule has 0 aliphatic carbocycles. The first kappa shape index (κ1) is 37.5. The van der Waals surface area contributed by atoms with Crippen molar-refractivity contribution < 1.29 is 43.9 Å². The zero-order valence-electron chi connectivity index (χ0n) is 29.2. The van der Waals surface area contributed by atoms with Crippen LogP contribution in [0.4, 0.5) is 0 Å². The van der Waals surface area contributed by atoms with E-state index in [1.165, 1.54) is 0 Å². The number of aliphatic hydroxyl groups excluding tert-OH is 1. The monoisotopic (exact) mass is 650 g/mol. The van der Waals surface area contributed by atoms with E-state index in [1.807, 2.05) is 26.8 Å². The van der Waals surface area contributed by atoms with Crippen molar-refractivity contribution in [2.45, 2.75) is 167 Å². The smallest absolute Gasteiger partial charge is 0.309 e. The first-order valence-electron chi connectivity index (χ1n) is 18.3. The molecule has 1 spiro atoms. The lowest BCUT2D eigenvalue weighted by Crippen LogP contribution is -2.51. The molecular formula is C37H62O9.